The lowest BCUT2D eigenvalue weighted by Gasteiger charge is -2.52. The lowest BCUT2D eigenvalue weighted by Crippen LogP contribution is -2.83. The van der Waals surface area contributed by atoms with Crippen molar-refractivity contribution in [2.45, 2.75) is 47.8 Å². The van der Waals surface area contributed by atoms with Crippen molar-refractivity contribution < 1.29 is 53.4 Å². The summed E-state index contributed by atoms with van der Waals surface area (Å²) in [5, 5.41) is 18.5. The molecule has 0 bridgehead atoms. The standard InChI is InChI=1S/C15H8F11NO/c16-10(5-9(28)8-4-2-1-3-7(8)6-27)11(17,18)13(21,22)15(25,26)14(23,24)12(10,19)20/h1-4,9,28H,5H2. The molecule has 0 aromatic heterocycles. The van der Waals surface area contributed by atoms with E-state index in [1.54, 1.807) is 0 Å². The van der Waals surface area contributed by atoms with Gasteiger partial charge < -0.3 is 5.11 Å². The average molecular weight is 427 g/mol. The summed E-state index contributed by atoms with van der Waals surface area (Å²) in [5.74, 6) is -35.8. The van der Waals surface area contributed by atoms with E-state index in [9.17, 15) is 53.4 Å². The molecule has 156 valence electrons. The fourth-order valence-corrected chi connectivity index (χ4v) is 2.81. The van der Waals surface area contributed by atoms with E-state index in [1.165, 1.54) is 6.07 Å². The van der Waals surface area contributed by atoms with Crippen LogP contribution in [0.3, 0.4) is 0 Å². The van der Waals surface area contributed by atoms with Crippen molar-refractivity contribution in [2.75, 3.05) is 0 Å². The van der Waals surface area contributed by atoms with E-state index < -0.39 is 58.9 Å². The molecule has 1 aromatic carbocycles. The zero-order chi connectivity index (χ0) is 22.0. The minimum atomic E-state index is -7.31. The number of halogens is 11. The van der Waals surface area contributed by atoms with E-state index in [1.807, 2.05) is 0 Å². The van der Waals surface area contributed by atoms with Crippen LogP contribution in [0.2, 0.25) is 0 Å². The quantitative estimate of drug-likeness (QED) is 0.699. The zero-order valence-electron chi connectivity index (χ0n) is 13.1. The fraction of sp³-hybridized carbons (Fsp3) is 0.533. The second-order valence-electron chi connectivity index (χ2n) is 6.09. The Morgan fingerprint density at radius 1 is 0.750 bits per heavy atom. The van der Waals surface area contributed by atoms with Gasteiger partial charge in [0.1, 0.15) is 0 Å². The maximum Gasteiger partial charge on any atom is 0.384 e. The Kier molecular flexibility index (Phi) is 4.71. The van der Waals surface area contributed by atoms with E-state index in [0.29, 0.717) is 0 Å². The molecule has 1 unspecified atom stereocenters. The fourth-order valence-electron chi connectivity index (χ4n) is 2.81. The van der Waals surface area contributed by atoms with Gasteiger partial charge in [-0.2, -0.15) is 49.2 Å². The molecule has 2 rings (SSSR count). The van der Waals surface area contributed by atoms with Gasteiger partial charge in [-0.15, -0.1) is 0 Å². The summed E-state index contributed by atoms with van der Waals surface area (Å²) >= 11 is 0. The molecule has 0 heterocycles. The molecule has 1 saturated carbocycles. The van der Waals surface area contributed by atoms with Crippen LogP contribution in [0.5, 0.6) is 0 Å². The van der Waals surface area contributed by atoms with Gasteiger partial charge in [-0.3, -0.25) is 0 Å². The molecule has 0 spiro atoms. The number of alkyl halides is 11. The molecule has 1 N–H and O–H groups in total. The number of hydrogen-bond acceptors (Lipinski definition) is 2. The highest BCUT2D eigenvalue weighted by atomic mass is 19.4. The SMILES string of the molecule is N#Cc1ccccc1C(O)CC1(F)C(F)(F)C(F)(F)C(F)(F)C(F)(F)C1(F)F. The summed E-state index contributed by atoms with van der Waals surface area (Å²) in [6.07, 6.45) is -5.73. The maximum atomic E-state index is 14.6. The molecular weight excluding hydrogens is 419 g/mol. The highest BCUT2D eigenvalue weighted by Gasteiger charge is 3.00. The Bertz CT molecular complexity index is 784. The Balaban J connectivity index is 2.68. The second kappa shape index (κ2) is 5.95. The van der Waals surface area contributed by atoms with Gasteiger partial charge in [-0.1, -0.05) is 18.2 Å². The van der Waals surface area contributed by atoms with Crippen molar-refractivity contribution in [3.63, 3.8) is 0 Å². The minimum Gasteiger partial charge on any atom is -0.388 e. The van der Waals surface area contributed by atoms with Crippen LogP contribution in [-0.2, 0) is 0 Å². The Morgan fingerprint density at radius 2 is 1.14 bits per heavy atom. The van der Waals surface area contributed by atoms with Crippen molar-refractivity contribution in [3.05, 3.63) is 35.4 Å². The van der Waals surface area contributed by atoms with E-state index >= 15 is 0 Å². The second-order valence-corrected chi connectivity index (χ2v) is 6.09. The van der Waals surface area contributed by atoms with Crippen molar-refractivity contribution in [2.24, 2.45) is 0 Å². The third kappa shape index (κ3) is 2.29. The molecular formula is C15H8F11NO. The number of aliphatic hydroxyl groups excluding tert-OH is 1. The van der Waals surface area contributed by atoms with Crippen LogP contribution in [0.4, 0.5) is 48.3 Å². The molecule has 0 amide bonds. The highest BCUT2D eigenvalue weighted by molar-refractivity contribution is 5.39. The molecule has 1 fully saturated rings. The van der Waals surface area contributed by atoms with Gasteiger partial charge in [-0.05, 0) is 11.6 Å². The van der Waals surface area contributed by atoms with Crippen LogP contribution in [0.15, 0.2) is 24.3 Å². The van der Waals surface area contributed by atoms with Crippen molar-refractivity contribution >= 4 is 0 Å². The molecule has 0 aliphatic heterocycles. The minimum absolute atomic E-state index is 0.607. The predicted octanol–water partition coefficient (Wildman–Crippen LogP) is 4.88. The van der Waals surface area contributed by atoms with E-state index in [4.69, 9.17) is 5.26 Å². The number of rotatable bonds is 3. The molecule has 0 radical (unpaired) electrons. The highest BCUT2D eigenvalue weighted by Crippen LogP contribution is 2.70. The Morgan fingerprint density at radius 3 is 1.57 bits per heavy atom. The third-order valence-corrected chi connectivity index (χ3v) is 4.49. The number of nitrogens with zero attached hydrogens (tertiary/aromatic N) is 1. The number of aliphatic hydroxyl groups is 1. The average Bonchev–Trinajstić information content (AvgIpc) is 2.59. The maximum absolute atomic E-state index is 14.6. The van der Waals surface area contributed by atoms with Crippen LogP contribution in [0.1, 0.15) is 23.7 Å². The smallest absolute Gasteiger partial charge is 0.384 e. The van der Waals surface area contributed by atoms with Gasteiger partial charge in [0, 0.05) is 6.42 Å². The first-order valence-electron chi connectivity index (χ1n) is 7.19. The molecule has 1 aliphatic carbocycles. The lowest BCUT2D eigenvalue weighted by atomic mass is 9.69. The van der Waals surface area contributed by atoms with Crippen molar-refractivity contribution in [3.8, 4) is 6.07 Å². The van der Waals surface area contributed by atoms with Crippen LogP contribution >= 0.6 is 0 Å². The van der Waals surface area contributed by atoms with Crippen LogP contribution in [-0.4, -0.2) is 40.4 Å². The molecule has 28 heavy (non-hydrogen) atoms. The lowest BCUT2D eigenvalue weighted by molar-refractivity contribution is -0.487. The first-order valence-corrected chi connectivity index (χ1v) is 7.19. The first kappa shape index (κ1) is 22.2. The van der Waals surface area contributed by atoms with Crippen molar-refractivity contribution in [1.82, 2.24) is 0 Å². The largest absolute Gasteiger partial charge is 0.388 e. The Labute approximate surface area is 149 Å². The number of benzene rings is 1. The van der Waals surface area contributed by atoms with Gasteiger partial charge >= 0.3 is 29.6 Å². The van der Waals surface area contributed by atoms with Gasteiger partial charge in [0.05, 0.1) is 17.7 Å². The van der Waals surface area contributed by atoms with E-state index in [0.717, 1.165) is 24.3 Å². The van der Waals surface area contributed by atoms with Crippen LogP contribution in [0, 0.1) is 11.3 Å². The van der Waals surface area contributed by atoms with Crippen LogP contribution in [0.25, 0.3) is 0 Å². The monoisotopic (exact) mass is 427 g/mol. The van der Waals surface area contributed by atoms with E-state index in [-0.39, 0.29) is 0 Å². The molecule has 2 nitrogen and oxygen atoms in total. The van der Waals surface area contributed by atoms with Gasteiger partial charge in [0.15, 0.2) is 0 Å². The normalized spacial score (nSPS) is 26.8. The summed E-state index contributed by atoms with van der Waals surface area (Å²) in [7, 11) is 0. The molecule has 13 heteroatoms. The summed E-state index contributed by atoms with van der Waals surface area (Å²) in [5.41, 5.74) is -7.74. The summed E-state index contributed by atoms with van der Waals surface area (Å²) in [6, 6.07) is 5.08. The van der Waals surface area contributed by atoms with Gasteiger partial charge in [-0.25, -0.2) is 4.39 Å². The summed E-state index contributed by atoms with van der Waals surface area (Å²) < 4.78 is 150. The third-order valence-electron chi connectivity index (χ3n) is 4.49. The number of hydrogen-bond donors (Lipinski definition) is 1. The van der Waals surface area contributed by atoms with Gasteiger partial charge in [0.25, 0.3) is 5.67 Å². The molecule has 1 aliphatic rings. The molecule has 1 aromatic rings. The predicted molar refractivity (Wildman–Crippen MR) is 69.3 cm³/mol. The topological polar surface area (TPSA) is 44.0 Å². The van der Waals surface area contributed by atoms with Crippen LogP contribution < -0.4 is 0 Å². The summed E-state index contributed by atoms with van der Waals surface area (Å²) in [6.45, 7) is 0. The first-order chi connectivity index (χ1) is 12.4. The molecule has 1 atom stereocenters. The zero-order valence-corrected chi connectivity index (χ0v) is 13.1. The summed E-state index contributed by atoms with van der Waals surface area (Å²) in [4.78, 5) is 0. The number of nitriles is 1. The van der Waals surface area contributed by atoms with Crippen molar-refractivity contribution in [1.29, 1.82) is 5.26 Å². The molecule has 0 saturated heterocycles. The Hall–Kier alpha value is -2.10. The van der Waals surface area contributed by atoms with Gasteiger partial charge in [0.2, 0.25) is 0 Å². The van der Waals surface area contributed by atoms with E-state index in [2.05, 4.69) is 0 Å².